The topological polar surface area (TPSA) is 9.23 Å². The monoisotopic (exact) mass is 180 g/mol. The zero-order chi connectivity index (χ0) is 9.31. The van der Waals surface area contributed by atoms with Crippen LogP contribution in [0.1, 0.15) is 52.4 Å². The van der Waals surface area contributed by atoms with Gasteiger partial charge in [-0.05, 0) is 45.1 Å². The van der Waals surface area contributed by atoms with E-state index in [4.69, 9.17) is 4.74 Å². The maximum Gasteiger partial charge on any atom is 0.103 e. The molecule has 74 valence electrons. The quantitative estimate of drug-likeness (QED) is 0.589. The van der Waals surface area contributed by atoms with Crippen LogP contribution in [0.2, 0.25) is 0 Å². The SMILES string of the molecule is CC(C)=COC1CCC12CCCC2. The molecular weight excluding hydrogens is 160 g/mol. The van der Waals surface area contributed by atoms with Crippen molar-refractivity contribution >= 4 is 0 Å². The van der Waals surface area contributed by atoms with Gasteiger partial charge in [0.15, 0.2) is 0 Å². The summed E-state index contributed by atoms with van der Waals surface area (Å²) >= 11 is 0. The van der Waals surface area contributed by atoms with Gasteiger partial charge in [0.05, 0.1) is 6.26 Å². The molecule has 2 fully saturated rings. The second kappa shape index (κ2) is 3.36. The van der Waals surface area contributed by atoms with Crippen molar-refractivity contribution in [2.24, 2.45) is 5.41 Å². The van der Waals surface area contributed by atoms with E-state index in [0.717, 1.165) is 0 Å². The van der Waals surface area contributed by atoms with Gasteiger partial charge >= 0.3 is 0 Å². The Kier molecular flexibility index (Phi) is 2.35. The minimum Gasteiger partial charge on any atom is -0.498 e. The minimum atomic E-state index is 0.546. The molecule has 2 rings (SSSR count). The molecule has 13 heavy (non-hydrogen) atoms. The molecule has 1 spiro atoms. The Morgan fingerprint density at radius 1 is 1.23 bits per heavy atom. The highest BCUT2D eigenvalue weighted by molar-refractivity contribution is 5.01. The van der Waals surface area contributed by atoms with Crippen LogP contribution in [0.5, 0.6) is 0 Å². The molecule has 0 heterocycles. The lowest BCUT2D eigenvalue weighted by atomic mass is 9.65. The van der Waals surface area contributed by atoms with Crippen LogP contribution in [-0.4, -0.2) is 6.10 Å². The molecule has 0 amide bonds. The summed E-state index contributed by atoms with van der Waals surface area (Å²) in [5.74, 6) is 0. The van der Waals surface area contributed by atoms with Gasteiger partial charge in [-0.1, -0.05) is 12.8 Å². The van der Waals surface area contributed by atoms with Gasteiger partial charge in [0.2, 0.25) is 0 Å². The molecule has 0 radical (unpaired) electrons. The molecule has 1 atom stereocenters. The van der Waals surface area contributed by atoms with Crippen LogP contribution in [0.4, 0.5) is 0 Å². The van der Waals surface area contributed by atoms with Crippen molar-refractivity contribution in [3.05, 3.63) is 11.8 Å². The highest BCUT2D eigenvalue weighted by atomic mass is 16.5. The molecule has 0 aromatic rings. The van der Waals surface area contributed by atoms with Gasteiger partial charge < -0.3 is 4.74 Å². The summed E-state index contributed by atoms with van der Waals surface area (Å²) in [6.07, 6.45) is 10.9. The molecule has 0 bridgehead atoms. The van der Waals surface area contributed by atoms with Crippen molar-refractivity contribution in [1.29, 1.82) is 0 Å². The Balaban J connectivity index is 1.90. The Hall–Kier alpha value is -0.460. The summed E-state index contributed by atoms with van der Waals surface area (Å²) in [5.41, 5.74) is 1.88. The van der Waals surface area contributed by atoms with Crippen LogP contribution in [-0.2, 0) is 4.74 Å². The number of ether oxygens (including phenoxy) is 1. The van der Waals surface area contributed by atoms with Gasteiger partial charge in [-0.3, -0.25) is 0 Å². The van der Waals surface area contributed by atoms with E-state index in [1.807, 2.05) is 6.26 Å². The van der Waals surface area contributed by atoms with Gasteiger partial charge in [0.25, 0.3) is 0 Å². The zero-order valence-corrected chi connectivity index (χ0v) is 8.81. The molecule has 0 aromatic carbocycles. The van der Waals surface area contributed by atoms with Gasteiger partial charge in [0, 0.05) is 5.41 Å². The maximum absolute atomic E-state index is 5.82. The van der Waals surface area contributed by atoms with Gasteiger partial charge in [-0.15, -0.1) is 0 Å². The zero-order valence-electron chi connectivity index (χ0n) is 8.81. The summed E-state index contributed by atoms with van der Waals surface area (Å²) in [6, 6.07) is 0. The lowest BCUT2D eigenvalue weighted by molar-refractivity contribution is -0.0689. The summed E-state index contributed by atoms with van der Waals surface area (Å²) in [5, 5.41) is 0. The Morgan fingerprint density at radius 2 is 1.92 bits per heavy atom. The number of hydrogen-bond donors (Lipinski definition) is 0. The first-order chi connectivity index (χ1) is 6.23. The van der Waals surface area contributed by atoms with E-state index in [-0.39, 0.29) is 0 Å². The number of hydrogen-bond acceptors (Lipinski definition) is 1. The summed E-state index contributed by atoms with van der Waals surface area (Å²) < 4.78 is 5.82. The van der Waals surface area contributed by atoms with Crippen molar-refractivity contribution in [2.75, 3.05) is 0 Å². The van der Waals surface area contributed by atoms with Crippen LogP contribution >= 0.6 is 0 Å². The van der Waals surface area contributed by atoms with Crippen LogP contribution in [0.15, 0.2) is 11.8 Å². The van der Waals surface area contributed by atoms with E-state index in [0.29, 0.717) is 11.5 Å². The average Bonchev–Trinajstić information content (AvgIpc) is 2.51. The lowest BCUT2D eigenvalue weighted by Gasteiger charge is -2.46. The Bertz CT molecular complexity index is 207. The van der Waals surface area contributed by atoms with Crippen LogP contribution in [0.25, 0.3) is 0 Å². The highest BCUT2D eigenvalue weighted by Crippen LogP contribution is 2.54. The predicted molar refractivity (Wildman–Crippen MR) is 54.4 cm³/mol. The van der Waals surface area contributed by atoms with E-state index in [9.17, 15) is 0 Å². The van der Waals surface area contributed by atoms with Crippen molar-refractivity contribution in [3.63, 3.8) is 0 Å². The fraction of sp³-hybridized carbons (Fsp3) is 0.833. The van der Waals surface area contributed by atoms with E-state index < -0.39 is 0 Å². The van der Waals surface area contributed by atoms with E-state index >= 15 is 0 Å². The first-order valence-corrected chi connectivity index (χ1v) is 5.52. The summed E-state index contributed by atoms with van der Waals surface area (Å²) in [6.45, 7) is 4.19. The molecule has 2 aliphatic carbocycles. The van der Waals surface area contributed by atoms with E-state index in [1.165, 1.54) is 44.1 Å². The van der Waals surface area contributed by atoms with Gasteiger partial charge in [0.1, 0.15) is 6.10 Å². The minimum absolute atomic E-state index is 0.546. The summed E-state index contributed by atoms with van der Waals surface area (Å²) in [4.78, 5) is 0. The van der Waals surface area contributed by atoms with Crippen LogP contribution < -0.4 is 0 Å². The first-order valence-electron chi connectivity index (χ1n) is 5.52. The standard InChI is InChI=1S/C12H20O/c1-10(2)9-13-11-5-8-12(11)6-3-4-7-12/h9,11H,3-8H2,1-2H3. The molecule has 1 unspecified atom stereocenters. The van der Waals surface area contributed by atoms with Crippen LogP contribution in [0.3, 0.4) is 0 Å². The van der Waals surface area contributed by atoms with Crippen molar-refractivity contribution in [1.82, 2.24) is 0 Å². The second-order valence-electron chi connectivity index (χ2n) is 4.93. The second-order valence-corrected chi connectivity index (χ2v) is 4.93. The molecular formula is C12H20O. The van der Waals surface area contributed by atoms with Crippen molar-refractivity contribution in [2.45, 2.75) is 58.5 Å². The fourth-order valence-electron chi connectivity index (χ4n) is 2.75. The molecule has 2 aliphatic rings. The van der Waals surface area contributed by atoms with Gasteiger partial charge in [-0.25, -0.2) is 0 Å². The molecule has 1 nitrogen and oxygen atoms in total. The smallest absolute Gasteiger partial charge is 0.103 e. The molecule has 1 heteroatoms. The fourth-order valence-corrected chi connectivity index (χ4v) is 2.75. The van der Waals surface area contributed by atoms with Crippen LogP contribution in [0, 0.1) is 5.41 Å². The molecule has 0 N–H and O–H groups in total. The molecule has 0 aromatic heterocycles. The van der Waals surface area contributed by atoms with E-state index in [1.54, 1.807) is 0 Å². The molecule has 2 saturated carbocycles. The predicted octanol–water partition coefficient (Wildman–Crippen LogP) is 3.65. The molecule has 0 aliphatic heterocycles. The third-order valence-corrected chi connectivity index (χ3v) is 3.65. The summed E-state index contributed by atoms with van der Waals surface area (Å²) in [7, 11) is 0. The average molecular weight is 180 g/mol. The number of allylic oxidation sites excluding steroid dienone is 1. The Morgan fingerprint density at radius 3 is 2.38 bits per heavy atom. The third kappa shape index (κ3) is 1.61. The van der Waals surface area contributed by atoms with Crippen molar-refractivity contribution in [3.8, 4) is 0 Å². The highest BCUT2D eigenvalue weighted by Gasteiger charge is 2.49. The maximum atomic E-state index is 5.82. The largest absolute Gasteiger partial charge is 0.498 e. The van der Waals surface area contributed by atoms with E-state index in [2.05, 4.69) is 13.8 Å². The first kappa shape index (κ1) is 9.11. The lowest BCUT2D eigenvalue weighted by Crippen LogP contribution is -2.43. The number of rotatable bonds is 2. The normalized spacial score (nSPS) is 29.8. The van der Waals surface area contributed by atoms with Crippen molar-refractivity contribution < 1.29 is 4.74 Å². The molecule has 0 saturated heterocycles. The van der Waals surface area contributed by atoms with Gasteiger partial charge in [-0.2, -0.15) is 0 Å². The third-order valence-electron chi connectivity index (χ3n) is 3.65. The Labute approximate surface area is 81.2 Å².